The first-order chi connectivity index (χ1) is 21.4. The van der Waals surface area contributed by atoms with E-state index in [0.717, 1.165) is 60.7 Å². The number of aromatic nitrogens is 12. The van der Waals surface area contributed by atoms with Crippen molar-refractivity contribution in [2.45, 2.75) is 51.0 Å². The van der Waals surface area contributed by atoms with E-state index < -0.39 is 0 Å². The van der Waals surface area contributed by atoms with Crippen LogP contribution in [0.3, 0.4) is 0 Å². The quantitative estimate of drug-likeness (QED) is 0.204. The highest BCUT2D eigenvalue weighted by molar-refractivity contribution is 9.11. The predicted molar refractivity (Wildman–Crippen MR) is 167 cm³/mol. The fraction of sp³-hybridized carbons (Fsp3) is 0.385. The molecule has 6 aromatic rings. The number of fused-ring (bicyclic) bond motifs is 2. The van der Waals surface area contributed by atoms with Gasteiger partial charge in [0.25, 0.3) is 0 Å². The minimum absolute atomic E-state index is 0.00929. The molecule has 2 unspecified atom stereocenters. The molecule has 6 aromatic heterocycles. The topological polar surface area (TPSA) is 140 Å². The lowest BCUT2D eigenvalue weighted by molar-refractivity contribution is -0.0394. The van der Waals surface area contributed by atoms with Crippen LogP contribution in [0.15, 0.2) is 45.6 Å². The molecule has 44 heavy (non-hydrogen) atoms. The summed E-state index contributed by atoms with van der Waals surface area (Å²) in [7, 11) is 0. The van der Waals surface area contributed by atoms with Gasteiger partial charge in [-0.1, -0.05) is 23.2 Å². The van der Waals surface area contributed by atoms with Gasteiger partial charge in [-0.25, -0.2) is 9.36 Å². The van der Waals surface area contributed by atoms with Crippen molar-refractivity contribution < 1.29 is 9.47 Å². The van der Waals surface area contributed by atoms with E-state index in [2.05, 4.69) is 72.6 Å². The third-order valence-electron chi connectivity index (χ3n) is 7.17. The predicted octanol–water partition coefficient (Wildman–Crippen LogP) is 6.21. The summed E-state index contributed by atoms with van der Waals surface area (Å²) >= 11 is 18.8. The van der Waals surface area contributed by atoms with Crippen LogP contribution in [0.5, 0.6) is 0 Å². The van der Waals surface area contributed by atoms with Gasteiger partial charge in [0.1, 0.15) is 23.8 Å². The van der Waals surface area contributed by atoms with Gasteiger partial charge in [0.15, 0.2) is 21.6 Å². The monoisotopic (exact) mass is 764 g/mol. The number of rotatable bonds is 4. The van der Waals surface area contributed by atoms with Gasteiger partial charge < -0.3 is 9.47 Å². The molecule has 0 bridgehead atoms. The van der Waals surface area contributed by atoms with Crippen LogP contribution in [0.4, 0.5) is 0 Å². The molecule has 14 nitrogen and oxygen atoms in total. The van der Waals surface area contributed by atoms with Gasteiger partial charge in [-0.2, -0.15) is 29.4 Å². The van der Waals surface area contributed by atoms with E-state index in [1.165, 1.54) is 0 Å². The van der Waals surface area contributed by atoms with Gasteiger partial charge in [0, 0.05) is 25.6 Å². The van der Waals surface area contributed by atoms with Gasteiger partial charge in [0.05, 0.1) is 8.95 Å². The Bertz CT molecular complexity index is 1790. The summed E-state index contributed by atoms with van der Waals surface area (Å²) in [6.07, 6.45) is 10.2. The van der Waals surface area contributed by atoms with Crippen molar-refractivity contribution in [2.75, 3.05) is 13.2 Å². The number of nitrogens with zero attached hydrogens (tertiary/aromatic N) is 12. The van der Waals surface area contributed by atoms with Crippen LogP contribution in [0, 0.1) is 0 Å². The first-order valence-corrected chi connectivity index (χ1v) is 16.3. The molecular formula is C26H24Br2Cl2N12O2. The molecule has 2 fully saturated rings. The lowest BCUT2D eigenvalue weighted by atomic mass is 10.2. The van der Waals surface area contributed by atoms with E-state index in [1.54, 1.807) is 21.2 Å². The smallest absolute Gasteiger partial charge is 0.205 e. The van der Waals surface area contributed by atoms with Gasteiger partial charge >= 0.3 is 0 Å². The largest absolute Gasteiger partial charge is 0.357 e. The Labute approximate surface area is 276 Å². The highest BCUT2D eigenvalue weighted by Crippen LogP contribution is 2.28. The molecule has 8 rings (SSSR count). The van der Waals surface area contributed by atoms with E-state index in [-0.39, 0.29) is 12.5 Å². The van der Waals surface area contributed by atoms with Gasteiger partial charge in [-0.15, -0.1) is 20.4 Å². The Hall–Kier alpha value is -3.02. The van der Waals surface area contributed by atoms with Crippen molar-refractivity contribution in [1.29, 1.82) is 0 Å². The highest BCUT2D eigenvalue weighted by atomic mass is 79.9. The Kier molecular flexibility index (Phi) is 8.61. The molecule has 228 valence electrons. The summed E-state index contributed by atoms with van der Waals surface area (Å²) in [5.74, 6) is 1.10. The van der Waals surface area contributed by atoms with E-state index in [1.807, 2.05) is 33.9 Å². The van der Waals surface area contributed by atoms with Gasteiger partial charge in [-0.3, -0.25) is 0 Å². The number of hydrogen-bond donors (Lipinski definition) is 0. The van der Waals surface area contributed by atoms with E-state index >= 15 is 0 Å². The Morgan fingerprint density at radius 1 is 0.636 bits per heavy atom. The van der Waals surface area contributed by atoms with Crippen LogP contribution in [0.2, 0.25) is 10.3 Å². The Balaban J connectivity index is 0.000000142. The second-order valence-electron chi connectivity index (χ2n) is 10.2. The zero-order chi connectivity index (χ0) is 30.2. The SMILES string of the molecule is Clc1cc(Br)c2nnc(-c3ccn(C4CCCCO4)n3)n2n1.Clc1cc(Br)c2nnc(-c3ccn(C4CCCCO4)n3)n2n1. The second kappa shape index (κ2) is 12.8. The molecule has 2 aliphatic rings. The lowest BCUT2D eigenvalue weighted by Crippen LogP contribution is -2.18. The molecule has 2 saturated heterocycles. The number of hydrogen-bond acceptors (Lipinski definition) is 10. The number of halogens is 4. The molecule has 18 heteroatoms. The van der Waals surface area contributed by atoms with Crippen molar-refractivity contribution in [3.05, 3.63) is 55.9 Å². The molecule has 0 aromatic carbocycles. The van der Waals surface area contributed by atoms with Crippen LogP contribution in [-0.4, -0.2) is 72.4 Å². The fourth-order valence-electron chi connectivity index (χ4n) is 5.05. The normalized spacial score (nSPS) is 18.9. The van der Waals surface area contributed by atoms with Crippen LogP contribution < -0.4 is 0 Å². The first kappa shape index (κ1) is 29.7. The molecule has 8 heterocycles. The maximum absolute atomic E-state index is 6.00. The number of ether oxygens (including phenoxy) is 2. The maximum atomic E-state index is 6.00. The van der Waals surface area contributed by atoms with E-state index in [9.17, 15) is 0 Å². The Morgan fingerprint density at radius 3 is 1.50 bits per heavy atom. The average molecular weight is 767 g/mol. The molecule has 0 N–H and O–H groups in total. The third kappa shape index (κ3) is 5.98. The average Bonchev–Trinajstić information content (AvgIpc) is 3.84. The molecule has 2 atom stereocenters. The summed E-state index contributed by atoms with van der Waals surface area (Å²) in [6, 6.07) is 7.13. The summed E-state index contributed by atoms with van der Waals surface area (Å²) in [6.45, 7) is 1.55. The molecule has 0 amide bonds. The highest BCUT2D eigenvalue weighted by Gasteiger charge is 2.21. The zero-order valence-electron chi connectivity index (χ0n) is 23.0. The molecule has 0 saturated carbocycles. The Morgan fingerprint density at radius 2 is 1.09 bits per heavy atom. The molecular weight excluding hydrogens is 743 g/mol. The van der Waals surface area contributed by atoms with Crippen LogP contribution >= 0.6 is 55.1 Å². The minimum Gasteiger partial charge on any atom is -0.357 e. The van der Waals surface area contributed by atoms with Gasteiger partial charge in [-0.05, 0) is 94.7 Å². The van der Waals surface area contributed by atoms with Crippen molar-refractivity contribution in [3.8, 4) is 23.0 Å². The second-order valence-corrected chi connectivity index (χ2v) is 12.6. The third-order valence-corrected chi connectivity index (χ3v) is 8.70. The maximum Gasteiger partial charge on any atom is 0.205 e. The van der Waals surface area contributed by atoms with E-state index in [0.29, 0.717) is 44.6 Å². The van der Waals surface area contributed by atoms with Crippen molar-refractivity contribution in [1.82, 2.24) is 59.2 Å². The van der Waals surface area contributed by atoms with Crippen molar-refractivity contribution >= 4 is 66.4 Å². The molecule has 0 radical (unpaired) electrons. The fourth-order valence-corrected chi connectivity index (χ4v) is 6.61. The summed E-state index contributed by atoms with van der Waals surface area (Å²) in [4.78, 5) is 0. The van der Waals surface area contributed by atoms with Crippen molar-refractivity contribution in [3.63, 3.8) is 0 Å². The molecule has 0 aliphatic carbocycles. The minimum atomic E-state index is -0.00929. The van der Waals surface area contributed by atoms with E-state index in [4.69, 9.17) is 32.7 Å². The van der Waals surface area contributed by atoms with Crippen molar-refractivity contribution in [2.24, 2.45) is 0 Å². The van der Waals surface area contributed by atoms with Gasteiger partial charge in [0.2, 0.25) is 11.6 Å². The molecule has 2 aliphatic heterocycles. The van der Waals surface area contributed by atoms with Crippen LogP contribution in [0.1, 0.15) is 51.0 Å². The summed E-state index contributed by atoms with van der Waals surface area (Å²) in [5, 5.41) is 34.9. The van der Waals surface area contributed by atoms with Crippen LogP contribution in [0.25, 0.3) is 34.3 Å². The summed E-state index contributed by atoms with van der Waals surface area (Å²) < 4.78 is 19.8. The zero-order valence-corrected chi connectivity index (χ0v) is 27.7. The van der Waals surface area contributed by atoms with Crippen LogP contribution in [-0.2, 0) is 9.47 Å². The first-order valence-electron chi connectivity index (χ1n) is 13.9. The molecule has 0 spiro atoms. The lowest BCUT2D eigenvalue weighted by Gasteiger charge is -2.22. The summed E-state index contributed by atoms with van der Waals surface area (Å²) in [5.41, 5.74) is 2.57. The standard InChI is InChI=1S/2C13H12BrClN6O/c2*14-8-7-10(15)19-21-12(8)16-17-13(21)9-4-5-20(18-9)11-3-1-2-6-22-11/h2*4-5,7,11H,1-3,6H2.